The second kappa shape index (κ2) is 8.00. The Hall–Kier alpha value is -2.29. The minimum Gasteiger partial charge on any atom is -0.382 e. The summed E-state index contributed by atoms with van der Waals surface area (Å²) in [5, 5.41) is 21.0. The molecule has 8 heteroatoms. The molecule has 2 heterocycles. The summed E-state index contributed by atoms with van der Waals surface area (Å²) in [6, 6.07) is 12.5. The van der Waals surface area contributed by atoms with Crippen LogP contribution in [0, 0.1) is 0 Å². The average Bonchev–Trinajstić information content (AvgIpc) is 3.14. The summed E-state index contributed by atoms with van der Waals surface area (Å²) < 4.78 is 0.743. The quantitative estimate of drug-likeness (QED) is 0.659. The number of anilines is 1. The van der Waals surface area contributed by atoms with E-state index < -0.39 is 6.10 Å². The number of nitrogens with zero attached hydrogens (tertiary/aromatic N) is 3. The van der Waals surface area contributed by atoms with Gasteiger partial charge in [0.1, 0.15) is 11.6 Å². The Morgan fingerprint density at radius 2 is 2.08 bits per heavy atom. The minimum atomic E-state index is -0.904. The highest BCUT2D eigenvalue weighted by Gasteiger charge is 2.16. The number of para-hydroxylation sites is 1. The number of hydrogen-bond donors (Lipinski definition) is 2. The van der Waals surface area contributed by atoms with Gasteiger partial charge in [-0.2, -0.15) is 0 Å². The van der Waals surface area contributed by atoms with Gasteiger partial charge in [0.05, 0.1) is 11.4 Å². The lowest BCUT2D eigenvalue weighted by Gasteiger charge is -2.15. The molecular weight excluding hydrogens is 344 g/mol. The monoisotopic (exact) mass is 358 g/mol. The Labute approximate surface area is 147 Å². The summed E-state index contributed by atoms with van der Waals surface area (Å²) in [6.07, 6.45) is 0.719. The van der Waals surface area contributed by atoms with Crippen molar-refractivity contribution in [3.63, 3.8) is 0 Å². The molecule has 3 rings (SSSR count). The van der Waals surface area contributed by atoms with Gasteiger partial charge in [-0.3, -0.25) is 9.78 Å². The number of hydrogen-bond acceptors (Lipinski definition) is 7. The zero-order valence-corrected chi connectivity index (χ0v) is 14.1. The maximum Gasteiger partial charge on any atom is 0.234 e. The van der Waals surface area contributed by atoms with Gasteiger partial charge < -0.3 is 10.4 Å². The molecule has 0 aliphatic heterocycles. The van der Waals surface area contributed by atoms with Gasteiger partial charge in [-0.25, -0.2) is 0 Å². The van der Waals surface area contributed by atoms with E-state index in [0.29, 0.717) is 16.9 Å². The number of thioether (sulfide) groups is 1. The molecule has 0 saturated heterocycles. The number of nitrogens with one attached hydrogen (secondary N) is 1. The van der Waals surface area contributed by atoms with Crippen molar-refractivity contribution >= 4 is 34.7 Å². The highest BCUT2D eigenvalue weighted by Crippen LogP contribution is 2.27. The van der Waals surface area contributed by atoms with Crippen molar-refractivity contribution in [3.8, 4) is 0 Å². The van der Waals surface area contributed by atoms with E-state index in [0.717, 1.165) is 4.34 Å². The van der Waals surface area contributed by atoms with Crippen molar-refractivity contribution in [1.82, 2.24) is 15.2 Å². The molecule has 1 aromatic carbocycles. The van der Waals surface area contributed by atoms with Crippen molar-refractivity contribution in [1.29, 1.82) is 0 Å². The predicted octanol–water partition coefficient (Wildman–Crippen LogP) is 2.75. The third kappa shape index (κ3) is 4.16. The Balaban J connectivity index is 1.71. The first-order valence-electron chi connectivity index (χ1n) is 7.11. The van der Waals surface area contributed by atoms with E-state index in [1.54, 1.807) is 36.0 Å². The molecule has 0 radical (unpaired) electrons. The maximum atomic E-state index is 12.1. The number of benzene rings is 1. The summed E-state index contributed by atoms with van der Waals surface area (Å²) in [7, 11) is 0. The average molecular weight is 358 g/mol. The molecular formula is C16H14N4O2S2. The van der Waals surface area contributed by atoms with Crippen LogP contribution in [0.2, 0.25) is 0 Å². The summed E-state index contributed by atoms with van der Waals surface area (Å²) in [4.78, 5) is 16.3. The topological polar surface area (TPSA) is 88.0 Å². The first-order valence-corrected chi connectivity index (χ1v) is 8.97. The van der Waals surface area contributed by atoms with E-state index in [-0.39, 0.29) is 11.7 Å². The van der Waals surface area contributed by atoms with E-state index in [9.17, 15) is 9.90 Å². The van der Waals surface area contributed by atoms with E-state index in [2.05, 4.69) is 20.5 Å². The van der Waals surface area contributed by atoms with Crippen molar-refractivity contribution in [2.75, 3.05) is 11.1 Å². The largest absolute Gasteiger partial charge is 0.382 e. The molecule has 0 saturated carbocycles. The number of aromatic nitrogens is 3. The fourth-order valence-electron chi connectivity index (χ4n) is 2.09. The summed E-state index contributed by atoms with van der Waals surface area (Å²) in [6.45, 7) is 0. The molecule has 6 nitrogen and oxygen atoms in total. The predicted molar refractivity (Wildman–Crippen MR) is 94.0 cm³/mol. The van der Waals surface area contributed by atoms with Gasteiger partial charge >= 0.3 is 0 Å². The maximum absolute atomic E-state index is 12.1. The number of amides is 1. The lowest BCUT2D eigenvalue weighted by Crippen LogP contribution is -2.16. The van der Waals surface area contributed by atoms with Crippen LogP contribution >= 0.6 is 23.1 Å². The van der Waals surface area contributed by atoms with Crippen LogP contribution in [0.15, 0.2) is 58.5 Å². The molecule has 1 unspecified atom stereocenters. The van der Waals surface area contributed by atoms with Gasteiger partial charge in [-0.1, -0.05) is 47.4 Å². The SMILES string of the molecule is O=C(CSc1nncs1)Nc1ccccc1C(O)c1ccccn1. The third-order valence-electron chi connectivity index (χ3n) is 3.16. The van der Waals surface area contributed by atoms with E-state index >= 15 is 0 Å². The number of pyridine rings is 1. The molecule has 0 bridgehead atoms. The van der Waals surface area contributed by atoms with Crippen LogP contribution < -0.4 is 5.32 Å². The van der Waals surface area contributed by atoms with Crippen LogP contribution in [0.3, 0.4) is 0 Å². The second-order valence-corrected chi connectivity index (χ2v) is 6.84. The standard InChI is InChI=1S/C16H14N4O2S2/c21-14(9-23-16-20-18-10-24-16)19-12-6-2-1-5-11(12)15(22)13-7-3-4-8-17-13/h1-8,10,15,22H,9H2,(H,19,21). The molecule has 2 N–H and O–H groups in total. The zero-order chi connectivity index (χ0) is 16.8. The van der Waals surface area contributed by atoms with Crippen molar-refractivity contribution in [3.05, 3.63) is 65.4 Å². The number of aliphatic hydroxyl groups excluding tert-OH is 1. The van der Waals surface area contributed by atoms with E-state index in [1.807, 2.05) is 18.2 Å². The van der Waals surface area contributed by atoms with Crippen LogP contribution in [-0.4, -0.2) is 31.9 Å². The molecule has 0 fully saturated rings. The van der Waals surface area contributed by atoms with Crippen LogP contribution in [0.1, 0.15) is 17.4 Å². The number of carbonyl (C=O) groups excluding carboxylic acids is 1. The first-order chi connectivity index (χ1) is 11.7. The summed E-state index contributed by atoms with van der Waals surface area (Å²) in [5.41, 5.74) is 3.32. The highest BCUT2D eigenvalue weighted by atomic mass is 32.2. The fourth-order valence-corrected chi connectivity index (χ4v) is 3.37. The zero-order valence-electron chi connectivity index (χ0n) is 12.5. The molecule has 2 aromatic heterocycles. The number of aliphatic hydroxyl groups is 1. The molecule has 24 heavy (non-hydrogen) atoms. The normalized spacial score (nSPS) is 11.9. The molecule has 0 aliphatic carbocycles. The van der Waals surface area contributed by atoms with Crippen molar-refractivity contribution < 1.29 is 9.90 Å². The lowest BCUT2D eigenvalue weighted by molar-refractivity contribution is -0.113. The summed E-state index contributed by atoms with van der Waals surface area (Å²) >= 11 is 2.71. The second-order valence-electron chi connectivity index (χ2n) is 4.79. The fraction of sp³-hybridized carbons (Fsp3) is 0.125. The third-order valence-corrected chi connectivity index (χ3v) is 5.02. The molecule has 3 aromatic rings. The highest BCUT2D eigenvalue weighted by molar-refractivity contribution is 8.01. The lowest BCUT2D eigenvalue weighted by atomic mass is 10.0. The van der Waals surface area contributed by atoms with Crippen LogP contribution in [0.5, 0.6) is 0 Å². The van der Waals surface area contributed by atoms with Crippen molar-refractivity contribution in [2.24, 2.45) is 0 Å². The molecule has 0 aliphatic rings. The minimum absolute atomic E-state index is 0.170. The Morgan fingerprint density at radius 1 is 1.25 bits per heavy atom. The van der Waals surface area contributed by atoms with Crippen LogP contribution in [-0.2, 0) is 4.79 Å². The van der Waals surface area contributed by atoms with Crippen LogP contribution in [0.25, 0.3) is 0 Å². The molecule has 122 valence electrons. The van der Waals surface area contributed by atoms with Gasteiger partial charge in [0.2, 0.25) is 5.91 Å². The van der Waals surface area contributed by atoms with E-state index in [1.165, 1.54) is 23.1 Å². The Bertz CT molecular complexity index is 797. The van der Waals surface area contributed by atoms with Gasteiger partial charge in [0.25, 0.3) is 0 Å². The van der Waals surface area contributed by atoms with Gasteiger partial charge in [0, 0.05) is 17.4 Å². The van der Waals surface area contributed by atoms with Crippen LogP contribution in [0.4, 0.5) is 5.69 Å². The molecule has 1 atom stereocenters. The van der Waals surface area contributed by atoms with Gasteiger partial charge in [-0.05, 0) is 18.2 Å². The number of carbonyl (C=O) groups is 1. The van der Waals surface area contributed by atoms with Gasteiger partial charge in [0.15, 0.2) is 4.34 Å². The molecule has 0 spiro atoms. The van der Waals surface area contributed by atoms with Crippen molar-refractivity contribution in [2.45, 2.75) is 10.4 Å². The van der Waals surface area contributed by atoms with Gasteiger partial charge in [-0.15, -0.1) is 10.2 Å². The Morgan fingerprint density at radius 3 is 2.83 bits per heavy atom. The van der Waals surface area contributed by atoms with E-state index in [4.69, 9.17) is 0 Å². The Kier molecular flexibility index (Phi) is 5.52. The first kappa shape index (κ1) is 16.6. The molecule has 1 amide bonds. The summed E-state index contributed by atoms with van der Waals surface area (Å²) in [5.74, 6) is 0.0549. The smallest absolute Gasteiger partial charge is 0.234 e. The number of rotatable bonds is 6.